The van der Waals surface area contributed by atoms with Crippen LogP contribution in [0.25, 0.3) is 0 Å². The van der Waals surface area contributed by atoms with E-state index in [9.17, 15) is 4.39 Å². The molecule has 1 saturated carbocycles. The molecule has 1 aromatic rings. The molecule has 1 nitrogen and oxygen atoms in total. The first kappa shape index (κ1) is 14.8. The molecule has 0 bridgehead atoms. The number of hydrogen-bond acceptors (Lipinski definition) is 1. The molecule has 3 heteroatoms. The van der Waals surface area contributed by atoms with Crippen molar-refractivity contribution >= 4 is 11.6 Å². The van der Waals surface area contributed by atoms with Crippen LogP contribution in [-0.4, -0.2) is 5.54 Å². The van der Waals surface area contributed by atoms with Crippen LogP contribution in [0.1, 0.15) is 45.1 Å². The van der Waals surface area contributed by atoms with E-state index in [0.29, 0.717) is 28.8 Å². The van der Waals surface area contributed by atoms with Gasteiger partial charge < -0.3 is 5.73 Å². The van der Waals surface area contributed by atoms with Gasteiger partial charge in [0, 0.05) is 10.6 Å². The number of nitrogens with two attached hydrogens (primary N) is 1. The van der Waals surface area contributed by atoms with Crippen LogP contribution in [0.15, 0.2) is 18.2 Å². The molecule has 0 aliphatic heterocycles. The van der Waals surface area contributed by atoms with Crippen LogP contribution in [0.5, 0.6) is 0 Å². The second kappa shape index (κ2) is 5.80. The molecule has 0 amide bonds. The van der Waals surface area contributed by atoms with Crippen molar-refractivity contribution in [1.82, 2.24) is 0 Å². The molecule has 2 N–H and O–H groups in total. The summed E-state index contributed by atoms with van der Waals surface area (Å²) in [6.45, 7) is 4.50. The fraction of sp³-hybridized carbons (Fsp3) is 0.625. The molecule has 1 aliphatic carbocycles. The Hall–Kier alpha value is -0.600. The van der Waals surface area contributed by atoms with E-state index in [0.717, 1.165) is 19.3 Å². The van der Waals surface area contributed by atoms with Gasteiger partial charge in [-0.15, -0.1) is 0 Å². The Labute approximate surface area is 120 Å². The van der Waals surface area contributed by atoms with Crippen LogP contribution in [0.3, 0.4) is 0 Å². The van der Waals surface area contributed by atoms with Gasteiger partial charge in [-0.25, -0.2) is 4.39 Å². The normalized spacial score (nSPS) is 27.8. The van der Waals surface area contributed by atoms with Crippen molar-refractivity contribution in [2.24, 2.45) is 17.6 Å². The van der Waals surface area contributed by atoms with E-state index in [4.69, 9.17) is 17.3 Å². The molecule has 0 radical (unpaired) electrons. The Balaban J connectivity index is 2.12. The molecule has 1 aromatic carbocycles. The summed E-state index contributed by atoms with van der Waals surface area (Å²) in [5, 5.41) is 0.441. The summed E-state index contributed by atoms with van der Waals surface area (Å²) < 4.78 is 13.9. The summed E-state index contributed by atoms with van der Waals surface area (Å²) in [6, 6.07) is 4.89. The van der Waals surface area contributed by atoms with Gasteiger partial charge in [0.05, 0.1) is 0 Å². The summed E-state index contributed by atoms with van der Waals surface area (Å²) in [7, 11) is 0. The maximum atomic E-state index is 13.9. The lowest BCUT2D eigenvalue weighted by atomic mass is 9.70. The topological polar surface area (TPSA) is 26.0 Å². The molecule has 0 spiro atoms. The molecule has 1 aliphatic rings. The van der Waals surface area contributed by atoms with Crippen LogP contribution >= 0.6 is 11.6 Å². The maximum Gasteiger partial charge on any atom is 0.127 e. The van der Waals surface area contributed by atoms with Crippen LogP contribution in [-0.2, 0) is 6.42 Å². The predicted molar refractivity (Wildman–Crippen MR) is 78.8 cm³/mol. The van der Waals surface area contributed by atoms with Crippen molar-refractivity contribution in [3.8, 4) is 0 Å². The average Bonchev–Trinajstić information content (AvgIpc) is 2.33. The number of hydrogen-bond donors (Lipinski definition) is 1. The van der Waals surface area contributed by atoms with Crippen molar-refractivity contribution in [2.75, 3.05) is 0 Å². The van der Waals surface area contributed by atoms with Crippen molar-refractivity contribution in [2.45, 2.75) is 51.5 Å². The Morgan fingerprint density at radius 3 is 2.84 bits per heavy atom. The molecule has 19 heavy (non-hydrogen) atoms. The van der Waals surface area contributed by atoms with Crippen LogP contribution in [0.4, 0.5) is 4.39 Å². The highest BCUT2D eigenvalue weighted by Crippen LogP contribution is 2.37. The standard InChI is InChI=1S/C16H23ClFN/c1-11(2)12-4-3-7-16(19,9-12)10-13-5-6-14(17)8-15(13)18/h5-6,8,11-12H,3-4,7,9-10,19H2,1-2H3. The first-order valence-corrected chi connectivity index (χ1v) is 7.50. The zero-order valence-corrected chi connectivity index (χ0v) is 12.5. The fourth-order valence-electron chi connectivity index (χ4n) is 3.22. The van der Waals surface area contributed by atoms with Gasteiger partial charge in [0.2, 0.25) is 0 Å². The SMILES string of the molecule is CC(C)C1CCCC(N)(Cc2ccc(Cl)cc2F)C1. The average molecular weight is 284 g/mol. The summed E-state index contributed by atoms with van der Waals surface area (Å²) >= 11 is 5.79. The highest BCUT2D eigenvalue weighted by atomic mass is 35.5. The van der Waals surface area contributed by atoms with Crippen molar-refractivity contribution in [1.29, 1.82) is 0 Å². The third kappa shape index (κ3) is 3.70. The molecule has 1 fully saturated rings. The van der Waals surface area contributed by atoms with Gasteiger partial charge >= 0.3 is 0 Å². The smallest absolute Gasteiger partial charge is 0.127 e. The molecule has 0 heterocycles. The van der Waals surface area contributed by atoms with Gasteiger partial charge in [0.25, 0.3) is 0 Å². The molecular formula is C16H23ClFN. The minimum Gasteiger partial charge on any atom is -0.325 e. The zero-order valence-electron chi connectivity index (χ0n) is 11.8. The molecule has 2 rings (SSSR count). The van der Waals surface area contributed by atoms with Crippen molar-refractivity contribution in [3.05, 3.63) is 34.6 Å². The van der Waals surface area contributed by atoms with Gasteiger partial charge in [-0.2, -0.15) is 0 Å². The Kier molecular flexibility index (Phi) is 4.52. The minimum atomic E-state index is -0.262. The highest BCUT2D eigenvalue weighted by molar-refractivity contribution is 6.30. The van der Waals surface area contributed by atoms with Crippen LogP contribution in [0, 0.1) is 17.7 Å². The van der Waals surface area contributed by atoms with E-state index in [1.165, 1.54) is 12.5 Å². The number of benzene rings is 1. The van der Waals surface area contributed by atoms with Gasteiger partial charge in [-0.05, 0) is 48.8 Å². The van der Waals surface area contributed by atoms with Crippen molar-refractivity contribution < 1.29 is 4.39 Å². The van der Waals surface area contributed by atoms with E-state index >= 15 is 0 Å². The summed E-state index contributed by atoms with van der Waals surface area (Å²) in [5.74, 6) is 1.08. The molecule has 106 valence electrons. The van der Waals surface area contributed by atoms with E-state index in [2.05, 4.69) is 13.8 Å². The number of halogens is 2. The zero-order chi connectivity index (χ0) is 14.0. The van der Waals surface area contributed by atoms with E-state index in [1.54, 1.807) is 12.1 Å². The fourth-order valence-corrected chi connectivity index (χ4v) is 3.38. The number of rotatable bonds is 3. The lowest BCUT2D eigenvalue weighted by Crippen LogP contribution is -2.47. The van der Waals surface area contributed by atoms with E-state index in [-0.39, 0.29) is 11.4 Å². The maximum absolute atomic E-state index is 13.9. The molecule has 2 unspecified atom stereocenters. The Bertz CT molecular complexity index is 446. The van der Waals surface area contributed by atoms with E-state index < -0.39 is 0 Å². The highest BCUT2D eigenvalue weighted by Gasteiger charge is 2.34. The monoisotopic (exact) mass is 283 g/mol. The van der Waals surface area contributed by atoms with E-state index in [1.807, 2.05) is 0 Å². The van der Waals surface area contributed by atoms with Crippen LogP contribution in [0.2, 0.25) is 5.02 Å². The third-order valence-electron chi connectivity index (χ3n) is 4.42. The molecular weight excluding hydrogens is 261 g/mol. The summed E-state index contributed by atoms with van der Waals surface area (Å²) in [6.07, 6.45) is 4.98. The van der Waals surface area contributed by atoms with Gasteiger partial charge in [0.15, 0.2) is 0 Å². The van der Waals surface area contributed by atoms with Gasteiger partial charge in [-0.3, -0.25) is 0 Å². The second-order valence-corrected chi connectivity index (χ2v) is 6.81. The first-order valence-electron chi connectivity index (χ1n) is 7.12. The summed E-state index contributed by atoms with van der Waals surface area (Å²) in [4.78, 5) is 0. The lowest BCUT2D eigenvalue weighted by Gasteiger charge is -2.40. The molecule has 0 saturated heterocycles. The summed E-state index contributed by atoms with van der Waals surface area (Å²) in [5.41, 5.74) is 6.96. The molecule has 2 atom stereocenters. The minimum absolute atomic E-state index is 0.232. The predicted octanol–water partition coefficient (Wildman–Crippen LogP) is 4.57. The molecule has 0 aromatic heterocycles. The van der Waals surface area contributed by atoms with Gasteiger partial charge in [0.1, 0.15) is 5.82 Å². The Morgan fingerprint density at radius 2 is 2.21 bits per heavy atom. The van der Waals surface area contributed by atoms with Gasteiger partial charge in [-0.1, -0.05) is 44.4 Å². The Morgan fingerprint density at radius 1 is 1.47 bits per heavy atom. The lowest BCUT2D eigenvalue weighted by molar-refractivity contribution is 0.181. The quantitative estimate of drug-likeness (QED) is 0.864. The first-order chi connectivity index (χ1) is 8.89. The van der Waals surface area contributed by atoms with Crippen LogP contribution < -0.4 is 5.73 Å². The largest absolute Gasteiger partial charge is 0.325 e. The third-order valence-corrected chi connectivity index (χ3v) is 4.65. The van der Waals surface area contributed by atoms with Crippen molar-refractivity contribution in [3.63, 3.8) is 0 Å². The second-order valence-electron chi connectivity index (χ2n) is 6.38.